The zero-order chi connectivity index (χ0) is 12.7. The van der Waals surface area contributed by atoms with E-state index in [-0.39, 0.29) is 0 Å². The van der Waals surface area contributed by atoms with Gasteiger partial charge < -0.3 is 19.4 Å². The van der Waals surface area contributed by atoms with E-state index in [0.717, 1.165) is 22.3 Å². The second-order valence-corrected chi connectivity index (χ2v) is 4.07. The van der Waals surface area contributed by atoms with Gasteiger partial charge in [0.05, 0.1) is 7.11 Å². The number of benzene rings is 1. The fourth-order valence-corrected chi connectivity index (χ4v) is 1.97. The maximum absolute atomic E-state index is 5.59. The SMILES string of the molecule is COc1cc(-c2cc(N)no2)cc2cc(C)oc12. The van der Waals surface area contributed by atoms with Crippen molar-refractivity contribution in [2.75, 3.05) is 12.8 Å². The number of nitrogens with two attached hydrogens (primary N) is 1. The van der Waals surface area contributed by atoms with E-state index in [1.807, 2.05) is 25.1 Å². The molecule has 2 aromatic heterocycles. The van der Waals surface area contributed by atoms with E-state index in [9.17, 15) is 0 Å². The Morgan fingerprint density at radius 1 is 1.22 bits per heavy atom. The van der Waals surface area contributed by atoms with E-state index < -0.39 is 0 Å². The van der Waals surface area contributed by atoms with Crippen molar-refractivity contribution in [3.8, 4) is 17.1 Å². The van der Waals surface area contributed by atoms with Gasteiger partial charge in [0.15, 0.2) is 22.9 Å². The third kappa shape index (κ3) is 1.60. The number of methoxy groups -OCH3 is 1. The van der Waals surface area contributed by atoms with Crippen LogP contribution in [0.3, 0.4) is 0 Å². The molecule has 0 atom stereocenters. The molecule has 0 radical (unpaired) electrons. The smallest absolute Gasteiger partial charge is 0.176 e. The lowest BCUT2D eigenvalue weighted by Crippen LogP contribution is -1.84. The Balaban J connectivity index is 2.24. The number of furan rings is 1. The van der Waals surface area contributed by atoms with Crippen LogP contribution in [-0.4, -0.2) is 12.3 Å². The number of ether oxygens (including phenoxy) is 1. The number of aromatic nitrogens is 1. The largest absolute Gasteiger partial charge is 0.493 e. The van der Waals surface area contributed by atoms with Gasteiger partial charge in [-0.1, -0.05) is 5.16 Å². The van der Waals surface area contributed by atoms with Gasteiger partial charge in [-0.05, 0) is 25.1 Å². The standard InChI is InChI=1S/C13H12N2O3/c1-7-3-9-4-8(10-6-12(14)15-18-10)5-11(16-2)13(9)17-7/h3-6H,1-2H3,(H2,14,15). The lowest BCUT2D eigenvalue weighted by molar-refractivity contribution is 0.408. The summed E-state index contributed by atoms with van der Waals surface area (Å²) >= 11 is 0. The average Bonchev–Trinajstić information content (AvgIpc) is 2.92. The predicted octanol–water partition coefficient (Wildman–Crippen LogP) is 2.99. The Morgan fingerprint density at radius 3 is 2.72 bits per heavy atom. The monoisotopic (exact) mass is 244 g/mol. The number of hydrogen-bond donors (Lipinski definition) is 1. The molecule has 2 heterocycles. The van der Waals surface area contributed by atoms with Gasteiger partial charge >= 0.3 is 0 Å². The fourth-order valence-electron chi connectivity index (χ4n) is 1.97. The van der Waals surface area contributed by atoms with E-state index in [1.54, 1.807) is 13.2 Å². The molecular formula is C13H12N2O3. The first-order chi connectivity index (χ1) is 8.67. The molecule has 0 fully saturated rings. The normalized spacial score (nSPS) is 11.0. The molecule has 0 unspecified atom stereocenters. The lowest BCUT2D eigenvalue weighted by atomic mass is 10.1. The Labute approximate surface area is 103 Å². The van der Waals surface area contributed by atoms with Crippen LogP contribution in [0.4, 0.5) is 5.82 Å². The minimum atomic E-state index is 0.354. The number of hydrogen-bond acceptors (Lipinski definition) is 5. The molecule has 0 amide bonds. The molecule has 0 aliphatic heterocycles. The van der Waals surface area contributed by atoms with Crippen molar-refractivity contribution in [2.45, 2.75) is 6.92 Å². The predicted molar refractivity (Wildman–Crippen MR) is 67.4 cm³/mol. The van der Waals surface area contributed by atoms with Gasteiger partial charge in [0, 0.05) is 17.0 Å². The number of aryl methyl sites for hydroxylation is 1. The van der Waals surface area contributed by atoms with Crippen molar-refractivity contribution in [1.82, 2.24) is 5.16 Å². The van der Waals surface area contributed by atoms with E-state index in [1.165, 1.54) is 0 Å². The summed E-state index contributed by atoms with van der Waals surface area (Å²) in [5.74, 6) is 2.45. The van der Waals surface area contributed by atoms with Crippen molar-refractivity contribution in [3.05, 3.63) is 30.0 Å². The Bertz CT molecular complexity index is 712. The van der Waals surface area contributed by atoms with E-state index in [4.69, 9.17) is 19.4 Å². The molecule has 0 saturated heterocycles. The number of anilines is 1. The molecule has 0 bridgehead atoms. The van der Waals surface area contributed by atoms with Gasteiger partial charge in [0.1, 0.15) is 5.76 Å². The van der Waals surface area contributed by atoms with E-state index in [0.29, 0.717) is 17.3 Å². The summed E-state index contributed by atoms with van der Waals surface area (Å²) in [5.41, 5.74) is 7.13. The highest BCUT2D eigenvalue weighted by Crippen LogP contribution is 2.34. The van der Waals surface area contributed by atoms with E-state index >= 15 is 0 Å². The minimum absolute atomic E-state index is 0.354. The lowest BCUT2D eigenvalue weighted by Gasteiger charge is -2.03. The summed E-state index contributed by atoms with van der Waals surface area (Å²) in [4.78, 5) is 0. The number of nitrogen functional groups attached to an aromatic ring is 1. The molecule has 18 heavy (non-hydrogen) atoms. The zero-order valence-corrected chi connectivity index (χ0v) is 10.1. The maximum atomic E-state index is 5.59. The summed E-state index contributed by atoms with van der Waals surface area (Å²) < 4.78 is 16.1. The van der Waals surface area contributed by atoms with Crippen LogP contribution in [0.2, 0.25) is 0 Å². The minimum Gasteiger partial charge on any atom is -0.493 e. The fraction of sp³-hybridized carbons (Fsp3) is 0.154. The van der Waals surface area contributed by atoms with Crippen LogP contribution in [0, 0.1) is 6.92 Å². The molecule has 0 aliphatic rings. The van der Waals surface area contributed by atoms with Crippen LogP contribution in [0.15, 0.2) is 33.2 Å². The second-order valence-electron chi connectivity index (χ2n) is 4.07. The second kappa shape index (κ2) is 3.80. The summed E-state index contributed by atoms with van der Waals surface area (Å²) in [5, 5.41) is 4.63. The molecule has 5 nitrogen and oxygen atoms in total. The van der Waals surface area contributed by atoms with Crippen LogP contribution in [-0.2, 0) is 0 Å². The molecule has 1 aromatic carbocycles. The quantitative estimate of drug-likeness (QED) is 0.750. The highest BCUT2D eigenvalue weighted by atomic mass is 16.5. The Morgan fingerprint density at radius 2 is 2.06 bits per heavy atom. The molecule has 92 valence electrons. The van der Waals surface area contributed by atoms with Crippen molar-refractivity contribution in [1.29, 1.82) is 0 Å². The van der Waals surface area contributed by atoms with Gasteiger partial charge in [-0.2, -0.15) is 0 Å². The molecular weight excluding hydrogens is 232 g/mol. The molecule has 5 heteroatoms. The van der Waals surface area contributed by atoms with Crippen LogP contribution in [0.1, 0.15) is 5.76 Å². The van der Waals surface area contributed by atoms with Gasteiger partial charge in [0.25, 0.3) is 0 Å². The van der Waals surface area contributed by atoms with E-state index in [2.05, 4.69) is 5.16 Å². The first-order valence-corrected chi connectivity index (χ1v) is 5.48. The van der Waals surface area contributed by atoms with Gasteiger partial charge in [0.2, 0.25) is 0 Å². The molecule has 0 saturated carbocycles. The number of rotatable bonds is 2. The number of nitrogens with zero attached hydrogens (tertiary/aromatic N) is 1. The topological polar surface area (TPSA) is 74.4 Å². The molecule has 3 aromatic rings. The van der Waals surface area contributed by atoms with Crippen molar-refractivity contribution in [2.24, 2.45) is 0 Å². The van der Waals surface area contributed by atoms with Gasteiger partial charge in [-0.3, -0.25) is 0 Å². The highest BCUT2D eigenvalue weighted by Gasteiger charge is 2.13. The summed E-state index contributed by atoms with van der Waals surface area (Å²) in [6, 6.07) is 7.41. The van der Waals surface area contributed by atoms with Crippen LogP contribution in [0.25, 0.3) is 22.3 Å². The van der Waals surface area contributed by atoms with Gasteiger partial charge in [-0.15, -0.1) is 0 Å². The number of fused-ring (bicyclic) bond motifs is 1. The van der Waals surface area contributed by atoms with Crippen molar-refractivity contribution in [3.63, 3.8) is 0 Å². The molecule has 0 aliphatic carbocycles. The van der Waals surface area contributed by atoms with Crippen molar-refractivity contribution < 1.29 is 13.7 Å². The first-order valence-electron chi connectivity index (χ1n) is 5.48. The average molecular weight is 244 g/mol. The van der Waals surface area contributed by atoms with Crippen LogP contribution < -0.4 is 10.5 Å². The Kier molecular flexibility index (Phi) is 2.26. The molecule has 3 rings (SSSR count). The van der Waals surface area contributed by atoms with Crippen LogP contribution in [0.5, 0.6) is 5.75 Å². The Hall–Kier alpha value is -2.43. The van der Waals surface area contributed by atoms with Gasteiger partial charge in [-0.25, -0.2) is 0 Å². The summed E-state index contributed by atoms with van der Waals surface area (Å²) in [6.07, 6.45) is 0. The zero-order valence-electron chi connectivity index (χ0n) is 10.1. The third-order valence-corrected chi connectivity index (χ3v) is 2.74. The van der Waals surface area contributed by atoms with Crippen LogP contribution >= 0.6 is 0 Å². The third-order valence-electron chi connectivity index (χ3n) is 2.74. The summed E-state index contributed by atoms with van der Waals surface area (Å²) in [6.45, 7) is 1.89. The molecule has 0 spiro atoms. The maximum Gasteiger partial charge on any atom is 0.176 e. The first kappa shape index (κ1) is 10.7. The highest BCUT2D eigenvalue weighted by molar-refractivity contribution is 5.88. The molecule has 2 N–H and O–H groups in total. The summed E-state index contributed by atoms with van der Waals surface area (Å²) in [7, 11) is 1.60. The van der Waals surface area contributed by atoms with Crippen molar-refractivity contribution >= 4 is 16.8 Å².